The Hall–Kier alpha value is -1.39. The molecule has 1 aromatic rings. The molecule has 0 radical (unpaired) electrons. The highest BCUT2D eigenvalue weighted by molar-refractivity contribution is 5.74. The lowest BCUT2D eigenvalue weighted by Gasteiger charge is -2.27. The van der Waals surface area contributed by atoms with E-state index in [4.69, 9.17) is 10.8 Å². The third-order valence-corrected chi connectivity index (χ3v) is 2.34. The first-order chi connectivity index (χ1) is 6.93. The molecule has 1 rings (SSSR count). The number of carbonyl (C=O) groups is 1. The number of aliphatic hydroxyl groups is 1. The van der Waals surface area contributed by atoms with Gasteiger partial charge in [-0.1, -0.05) is 30.3 Å². The number of nitrogens with two attached hydrogens (primary N) is 1. The number of aliphatic carboxylic acids is 1. The summed E-state index contributed by atoms with van der Waals surface area (Å²) in [5, 5.41) is 18.6. The first-order valence-electron chi connectivity index (χ1n) is 4.68. The molecule has 1 aromatic carbocycles. The molecule has 0 aliphatic carbocycles. The minimum atomic E-state index is -1.44. The summed E-state index contributed by atoms with van der Waals surface area (Å²) >= 11 is 0. The summed E-state index contributed by atoms with van der Waals surface area (Å²) in [6, 6.07) is 7.88. The van der Waals surface area contributed by atoms with Crippen LogP contribution >= 0.6 is 0 Å². The van der Waals surface area contributed by atoms with Crippen LogP contribution in [0.25, 0.3) is 0 Å². The fraction of sp³-hybridized carbons (Fsp3) is 0.364. The van der Waals surface area contributed by atoms with Crippen molar-refractivity contribution in [3.8, 4) is 0 Å². The van der Waals surface area contributed by atoms with Gasteiger partial charge in [0.15, 0.2) is 0 Å². The number of rotatable bonds is 4. The topological polar surface area (TPSA) is 83.5 Å². The second-order valence-electron chi connectivity index (χ2n) is 3.84. The van der Waals surface area contributed by atoms with Crippen LogP contribution in [0.15, 0.2) is 30.3 Å². The van der Waals surface area contributed by atoms with Crippen molar-refractivity contribution in [1.29, 1.82) is 0 Å². The van der Waals surface area contributed by atoms with E-state index in [1.807, 2.05) is 30.3 Å². The molecule has 0 bridgehead atoms. The summed E-state index contributed by atoms with van der Waals surface area (Å²) < 4.78 is 0. The third-order valence-electron chi connectivity index (χ3n) is 2.34. The minimum absolute atomic E-state index is 0.224. The highest BCUT2D eigenvalue weighted by Crippen LogP contribution is 2.16. The van der Waals surface area contributed by atoms with Gasteiger partial charge < -0.3 is 15.9 Å². The highest BCUT2D eigenvalue weighted by Gasteiger charge is 2.34. The van der Waals surface area contributed by atoms with Crippen LogP contribution in [0.5, 0.6) is 0 Å². The number of hydrogen-bond donors (Lipinski definition) is 3. The molecule has 82 valence electrons. The number of hydrogen-bond acceptors (Lipinski definition) is 3. The number of carboxylic acids is 1. The summed E-state index contributed by atoms with van der Waals surface area (Å²) in [7, 11) is 0. The van der Waals surface area contributed by atoms with Gasteiger partial charge in [-0.2, -0.15) is 0 Å². The number of carboxylic acid groups (broad SMARTS) is 1. The van der Waals surface area contributed by atoms with E-state index in [0.29, 0.717) is 0 Å². The van der Waals surface area contributed by atoms with Crippen LogP contribution in [0.2, 0.25) is 0 Å². The van der Waals surface area contributed by atoms with Gasteiger partial charge in [-0.05, 0) is 12.5 Å². The molecule has 2 atom stereocenters. The largest absolute Gasteiger partial charge is 0.480 e. The van der Waals surface area contributed by atoms with Crippen LogP contribution in [0.4, 0.5) is 0 Å². The number of benzene rings is 1. The van der Waals surface area contributed by atoms with Crippen molar-refractivity contribution in [3.63, 3.8) is 0 Å². The fourth-order valence-corrected chi connectivity index (χ4v) is 1.39. The Kier molecular flexibility index (Phi) is 3.44. The molecule has 0 aromatic heterocycles. The van der Waals surface area contributed by atoms with Gasteiger partial charge in [0.05, 0.1) is 5.60 Å². The summed E-state index contributed by atoms with van der Waals surface area (Å²) in [6.07, 6.45) is 0.224. The molecule has 4 nitrogen and oxygen atoms in total. The van der Waals surface area contributed by atoms with E-state index in [-0.39, 0.29) is 6.42 Å². The summed E-state index contributed by atoms with van der Waals surface area (Å²) in [6.45, 7) is 1.43. The molecule has 4 N–H and O–H groups in total. The quantitative estimate of drug-likeness (QED) is 0.670. The SMILES string of the molecule is C[C@](O)(Cc1ccccc1)[C@H](N)C(=O)O. The summed E-state index contributed by atoms with van der Waals surface area (Å²) in [5.74, 6) is -1.20. The molecule has 0 amide bonds. The van der Waals surface area contributed by atoms with Crippen molar-refractivity contribution in [2.24, 2.45) is 5.73 Å². The van der Waals surface area contributed by atoms with E-state index in [2.05, 4.69) is 0 Å². The molecule has 0 saturated heterocycles. The molecule has 0 spiro atoms. The van der Waals surface area contributed by atoms with Gasteiger partial charge in [0.1, 0.15) is 6.04 Å². The van der Waals surface area contributed by atoms with Gasteiger partial charge in [-0.25, -0.2) is 0 Å². The van der Waals surface area contributed by atoms with E-state index in [9.17, 15) is 9.90 Å². The fourth-order valence-electron chi connectivity index (χ4n) is 1.39. The molecular formula is C11H15NO3. The molecular weight excluding hydrogens is 194 g/mol. The van der Waals surface area contributed by atoms with Crippen LogP contribution in [0, 0.1) is 0 Å². The predicted molar refractivity (Wildman–Crippen MR) is 56.4 cm³/mol. The Labute approximate surface area is 88.3 Å². The first kappa shape index (κ1) is 11.7. The summed E-state index contributed by atoms with van der Waals surface area (Å²) in [4.78, 5) is 10.7. The molecule has 4 heteroatoms. The van der Waals surface area contributed by atoms with Gasteiger partial charge in [0.2, 0.25) is 0 Å². The van der Waals surface area contributed by atoms with E-state index in [0.717, 1.165) is 5.56 Å². The smallest absolute Gasteiger partial charge is 0.323 e. The molecule has 15 heavy (non-hydrogen) atoms. The predicted octanol–water partition coefficient (Wildman–Crippen LogP) is 0.392. The van der Waals surface area contributed by atoms with Gasteiger partial charge in [0, 0.05) is 6.42 Å². The Bertz CT molecular complexity index is 335. The Morgan fingerprint density at radius 1 is 1.47 bits per heavy atom. The first-order valence-corrected chi connectivity index (χ1v) is 4.68. The lowest BCUT2D eigenvalue weighted by Crippen LogP contribution is -2.52. The van der Waals surface area contributed by atoms with E-state index in [1.165, 1.54) is 6.92 Å². The zero-order valence-corrected chi connectivity index (χ0v) is 8.55. The van der Waals surface area contributed by atoms with Crippen LogP contribution < -0.4 is 5.73 Å². The monoisotopic (exact) mass is 209 g/mol. The zero-order valence-electron chi connectivity index (χ0n) is 8.55. The third kappa shape index (κ3) is 3.04. The second kappa shape index (κ2) is 4.42. The minimum Gasteiger partial charge on any atom is -0.480 e. The molecule has 0 unspecified atom stereocenters. The Morgan fingerprint density at radius 3 is 2.47 bits per heavy atom. The van der Waals surface area contributed by atoms with Crippen molar-refractivity contribution < 1.29 is 15.0 Å². The van der Waals surface area contributed by atoms with Gasteiger partial charge in [-0.15, -0.1) is 0 Å². The standard InChI is InChI=1S/C11H15NO3/c1-11(15,9(12)10(13)14)7-8-5-3-2-4-6-8/h2-6,9,15H,7,12H2,1H3,(H,13,14)/t9-,11+/m1/s1. The average molecular weight is 209 g/mol. The van der Waals surface area contributed by atoms with Crippen molar-refractivity contribution >= 4 is 5.97 Å². The normalized spacial score (nSPS) is 16.7. The van der Waals surface area contributed by atoms with Crippen LogP contribution in [0.1, 0.15) is 12.5 Å². The Balaban J connectivity index is 2.76. The zero-order chi connectivity index (χ0) is 11.5. The maximum absolute atomic E-state index is 10.7. The molecule has 0 aliphatic heterocycles. The molecule has 0 heterocycles. The van der Waals surface area contributed by atoms with Crippen LogP contribution in [-0.4, -0.2) is 27.8 Å². The van der Waals surface area contributed by atoms with E-state index in [1.54, 1.807) is 0 Å². The van der Waals surface area contributed by atoms with Crippen molar-refractivity contribution in [3.05, 3.63) is 35.9 Å². The lowest BCUT2D eigenvalue weighted by molar-refractivity contribution is -0.144. The maximum Gasteiger partial charge on any atom is 0.323 e. The maximum atomic E-state index is 10.7. The molecule has 0 fully saturated rings. The van der Waals surface area contributed by atoms with Crippen molar-refractivity contribution in [1.82, 2.24) is 0 Å². The average Bonchev–Trinajstić information content (AvgIpc) is 2.17. The Morgan fingerprint density at radius 2 is 2.00 bits per heavy atom. The lowest BCUT2D eigenvalue weighted by atomic mass is 9.89. The van der Waals surface area contributed by atoms with Crippen LogP contribution in [0.3, 0.4) is 0 Å². The van der Waals surface area contributed by atoms with Crippen molar-refractivity contribution in [2.75, 3.05) is 0 Å². The van der Waals surface area contributed by atoms with Gasteiger partial charge >= 0.3 is 5.97 Å². The van der Waals surface area contributed by atoms with Gasteiger partial charge in [-0.3, -0.25) is 4.79 Å². The van der Waals surface area contributed by atoms with Crippen molar-refractivity contribution in [2.45, 2.75) is 25.0 Å². The molecule has 0 aliphatic rings. The van der Waals surface area contributed by atoms with Crippen LogP contribution in [-0.2, 0) is 11.2 Å². The van der Waals surface area contributed by atoms with E-state index >= 15 is 0 Å². The summed E-state index contributed by atoms with van der Waals surface area (Å²) in [5.41, 5.74) is 4.82. The van der Waals surface area contributed by atoms with Gasteiger partial charge in [0.25, 0.3) is 0 Å². The second-order valence-corrected chi connectivity index (χ2v) is 3.84. The van der Waals surface area contributed by atoms with E-state index < -0.39 is 17.6 Å². The highest BCUT2D eigenvalue weighted by atomic mass is 16.4. The molecule has 0 saturated carbocycles.